The number of ether oxygens (including phenoxy) is 4. The Balaban J connectivity index is 1.49. The summed E-state index contributed by atoms with van der Waals surface area (Å²) >= 11 is 0. The van der Waals surface area contributed by atoms with Crippen molar-refractivity contribution < 1.29 is 28.3 Å². The van der Waals surface area contributed by atoms with Crippen molar-refractivity contribution in [1.82, 2.24) is 9.80 Å². The number of aromatic nitrogens is 1. The first-order valence-electron chi connectivity index (χ1n) is 11.9. The van der Waals surface area contributed by atoms with Crippen LogP contribution in [0.2, 0.25) is 0 Å². The van der Waals surface area contributed by atoms with Crippen LogP contribution in [0.5, 0.6) is 23.0 Å². The molecule has 0 unspecified atom stereocenters. The van der Waals surface area contributed by atoms with E-state index in [2.05, 4.69) is 34.8 Å². The standard InChI is InChI=1S/C27H32N3O5/c1-28-9-11-29(12-10-28)26(31)17-35-27-21-16-30-8-7-19-14-24(33-3)25(34-4)15-20(19)22(30)13-18(21)5-6-23(27)32-2/h5-6,13-16H,7-12,17H2,1-4H3/q+1. The van der Waals surface area contributed by atoms with Gasteiger partial charge in [-0.05, 0) is 42.3 Å². The van der Waals surface area contributed by atoms with Gasteiger partial charge in [-0.15, -0.1) is 0 Å². The number of nitrogens with zero attached hydrogens (tertiary/aromatic N) is 3. The summed E-state index contributed by atoms with van der Waals surface area (Å²) in [7, 11) is 7.01. The molecule has 8 heteroatoms. The van der Waals surface area contributed by atoms with Gasteiger partial charge in [0.05, 0.1) is 32.3 Å². The van der Waals surface area contributed by atoms with E-state index in [-0.39, 0.29) is 12.5 Å². The molecule has 0 saturated carbocycles. The zero-order valence-corrected chi connectivity index (χ0v) is 20.8. The average Bonchev–Trinajstić information content (AvgIpc) is 2.89. The molecule has 0 aliphatic carbocycles. The highest BCUT2D eigenvalue weighted by molar-refractivity contribution is 5.92. The number of pyridine rings is 1. The van der Waals surface area contributed by atoms with E-state index in [0.29, 0.717) is 17.2 Å². The molecule has 2 aliphatic heterocycles. The third kappa shape index (κ3) is 4.34. The second-order valence-corrected chi connectivity index (χ2v) is 9.04. The SMILES string of the molecule is COc1cc2c(cc1OC)-c1cc3ccc(OC)c(OCC(=O)N4CCN(C)CC4)c3c[n+]1CC2. The lowest BCUT2D eigenvalue weighted by Gasteiger charge is -2.32. The maximum Gasteiger partial charge on any atom is 0.260 e. The molecule has 1 amide bonds. The van der Waals surface area contributed by atoms with Gasteiger partial charge in [-0.2, -0.15) is 4.57 Å². The van der Waals surface area contributed by atoms with Crippen molar-refractivity contribution >= 4 is 16.7 Å². The maximum absolute atomic E-state index is 12.8. The van der Waals surface area contributed by atoms with E-state index >= 15 is 0 Å². The third-order valence-corrected chi connectivity index (χ3v) is 7.00. The van der Waals surface area contributed by atoms with Gasteiger partial charge >= 0.3 is 0 Å². The number of carbonyl (C=O) groups excluding carboxylic acids is 1. The van der Waals surface area contributed by atoms with E-state index < -0.39 is 0 Å². The normalized spacial score (nSPS) is 15.4. The van der Waals surface area contributed by atoms with Crippen LogP contribution in [0.25, 0.3) is 22.0 Å². The van der Waals surface area contributed by atoms with Crippen LogP contribution < -0.4 is 23.5 Å². The fourth-order valence-electron chi connectivity index (χ4n) is 4.92. The van der Waals surface area contributed by atoms with Gasteiger partial charge in [0, 0.05) is 38.7 Å². The number of hydrogen-bond donors (Lipinski definition) is 0. The van der Waals surface area contributed by atoms with Crippen molar-refractivity contribution in [3.05, 3.63) is 42.1 Å². The van der Waals surface area contributed by atoms with E-state index in [9.17, 15) is 4.79 Å². The fourth-order valence-corrected chi connectivity index (χ4v) is 4.92. The number of benzene rings is 2. The predicted molar refractivity (Wildman–Crippen MR) is 133 cm³/mol. The van der Waals surface area contributed by atoms with Crippen LogP contribution in [0, 0.1) is 0 Å². The van der Waals surface area contributed by atoms with Crippen LogP contribution in [-0.2, 0) is 17.8 Å². The molecule has 1 fully saturated rings. The van der Waals surface area contributed by atoms with E-state index in [0.717, 1.165) is 66.9 Å². The Bertz CT molecular complexity index is 1270. The number of aryl methyl sites for hydroxylation is 2. The second kappa shape index (κ2) is 9.62. The molecule has 35 heavy (non-hydrogen) atoms. The highest BCUT2D eigenvalue weighted by atomic mass is 16.5. The summed E-state index contributed by atoms with van der Waals surface area (Å²) in [6, 6.07) is 10.2. The molecular weight excluding hydrogens is 446 g/mol. The summed E-state index contributed by atoms with van der Waals surface area (Å²) in [4.78, 5) is 16.9. The van der Waals surface area contributed by atoms with Crippen LogP contribution >= 0.6 is 0 Å². The van der Waals surface area contributed by atoms with Gasteiger partial charge in [0.2, 0.25) is 5.69 Å². The van der Waals surface area contributed by atoms with Crippen molar-refractivity contribution in [2.75, 3.05) is 61.2 Å². The Morgan fingerprint density at radius 3 is 2.37 bits per heavy atom. The molecule has 1 aromatic heterocycles. The van der Waals surface area contributed by atoms with Gasteiger partial charge in [0.15, 0.2) is 42.3 Å². The average molecular weight is 479 g/mol. The molecule has 184 valence electrons. The number of methoxy groups -OCH3 is 3. The van der Waals surface area contributed by atoms with Crippen LogP contribution in [-0.4, -0.2) is 76.9 Å². The lowest BCUT2D eigenvalue weighted by atomic mass is 9.95. The minimum Gasteiger partial charge on any atom is -0.493 e. The van der Waals surface area contributed by atoms with E-state index in [1.54, 1.807) is 21.3 Å². The smallest absolute Gasteiger partial charge is 0.260 e. The monoisotopic (exact) mass is 478 g/mol. The summed E-state index contributed by atoms with van der Waals surface area (Å²) in [6.07, 6.45) is 2.98. The quantitative estimate of drug-likeness (QED) is 0.508. The van der Waals surface area contributed by atoms with Gasteiger partial charge in [-0.3, -0.25) is 4.79 Å². The highest BCUT2D eigenvalue weighted by Gasteiger charge is 2.28. The van der Waals surface area contributed by atoms with E-state index in [1.807, 2.05) is 23.1 Å². The Hall–Kier alpha value is -3.52. The number of fused-ring (bicyclic) bond motifs is 4. The Labute approximate surface area is 205 Å². The van der Waals surface area contributed by atoms with Gasteiger partial charge in [-0.25, -0.2) is 0 Å². The van der Waals surface area contributed by atoms with Crippen molar-refractivity contribution in [1.29, 1.82) is 0 Å². The van der Waals surface area contributed by atoms with Crippen LogP contribution in [0.1, 0.15) is 5.56 Å². The predicted octanol–water partition coefficient (Wildman–Crippen LogP) is 2.53. The molecule has 5 rings (SSSR count). The van der Waals surface area contributed by atoms with Gasteiger partial charge in [0.25, 0.3) is 5.91 Å². The molecule has 0 bridgehead atoms. The number of hydrogen-bond acceptors (Lipinski definition) is 6. The lowest BCUT2D eigenvalue weighted by Crippen LogP contribution is -2.48. The zero-order chi connectivity index (χ0) is 24.5. The maximum atomic E-state index is 12.8. The van der Waals surface area contributed by atoms with Crippen LogP contribution in [0.3, 0.4) is 0 Å². The molecule has 0 N–H and O–H groups in total. The van der Waals surface area contributed by atoms with E-state index in [1.165, 1.54) is 5.56 Å². The number of piperazine rings is 1. The van der Waals surface area contributed by atoms with Crippen LogP contribution in [0.4, 0.5) is 0 Å². The number of likely N-dealkylation sites (N-methyl/N-ethyl adjacent to an activating group) is 1. The molecule has 3 heterocycles. The summed E-state index contributed by atoms with van der Waals surface area (Å²) < 4.78 is 25.0. The fraction of sp³-hybridized carbons (Fsp3) is 0.407. The molecule has 1 saturated heterocycles. The Morgan fingerprint density at radius 1 is 0.943 bits per heavy atom. The van der Waals surface area contributed by atoms with Gasteiger partial charge in [-0.1, -0.05) is 0 Å². The molecule has 3 aromatic rings. The Morgan fingerprint density at radius 2 is 1.66 bits per heavy atom. The first kappa shape index (κ1) is 23.2. The molecular formula is C27H32N3O5+. The van der Waals surface area contributed by atoms with Crippen LogP contribution in [0.15, 0.2) is 36.5 Å². The van der Waals surface area contributed by atoms with Crippen molar-refractivity contribution in [2.24, 2.45) is 0 Å². The minimum absolute atomic E-state index is 0.00209. The lowest BCUT2D eigenvalue weighted by molar-refractivity contribution is -0.686. The van der Waals surface area contributed by atoms with Crippen molar-refractivity contribution in [3.63, 3.8) is 0 Å². The highest BCUT2D eigenvalue weighted by Crippen LogP contribution is 2.40. The van der Waals surface area contributed by atoms with Gasteiger partial charge in [0.1, 0.15) is 0 Å². The molecule has 2 aromatic carbocycles. The number of amides is 1. The summed E-state index contributed by atoms with van der Waals surface area (Å²) in [5.41, 5.74) is 3.45. The molecule has 8 nitrogen and oxygen atoms in total. The zero-order valence-electron chi connectivity index (χ0n) is 20.8. The Kier molecular flexibility index (Phi) is 6.38. The molecule has 0 radical (unpaired) electrons. The number of rotatable bonds is 6. The van der Waals surface area contributed by atoms with E-state index in [4.69, 9.17) is 18.9 Å². The first-order chi connectivity index (χ1) is 17.0. The topological polar surface area (TPSA) is 64.4 Å². The summed E-state index contributed by atoms with van der Waals surface area (Å²) in [5, 5.41) is 1.94. The molecule has 2 aliphatic rings. The molecule has 0 atom stereocenters. The third-order valence-electron chi connectivity index (χ3n) is 7.00. The van der Waals surface area contributed by atoms with Crippen molar-refractivity contribution in [2.45, 2.75) is 13.0 Å². The largest absolute Gasteiger partial charge is 0.493 e. The van der Waals surface area contributed by atoms with Gasteiger partial charge < -0.3 is 28.7 Å². The number of carbonyl (C=O) groups is 1. The van der Waals surface area contributed by atoms with Crippen molar-refractivity contribution in [3.8, 4) is 34.3 Å². The minimum atomic E-state index is -0.0131. The first-order valence-corrected chi connectivity index (χ1v) is 11.9. The second-order valence-electron chi connectivity index (χ2n) is 9.04. The molecule has 0 spiro atoms. The summed E-state index contributed by atoms with van der Waals surface area (Å²) in [5.74, 6) is 2.66. The summed E-state index contributed by atoms with van der Waals surface area (Å²) in [6.45, 7) is 4.02.